The van der Waals surface area contributed by atoms with E-state index in [-0.39, 0.29) is 5.75 Å². The van der Waals surface area contributed by atoms with Crippen LogP contribution in [0.1, 0.15) is 33.1 Å². The third-order valence-electron chi connectivity index (χ3n) is 3.67. The van der Waals surface area contributed by atoms with Gasteiger partial charge in [-0.3, -0.25) is 4.99 Å². The van der Waals surface area contributed by atoms with Crippen molar-refractivity contribution in [3.8, 4) is 0 Å². The molecule has 0 aromatic carbocycles. The van der Waals surface area contributed by atoms with Crippen LogP contribution in [0.15, 0.2) is 4.99 Å². The Hall–Kier alpha value is -0.470. The summed E-state index contributed by atoms with van der Waals surface area (Å²) >= 11 is 1.83. The van der Waals surface area contributed by atoms with Crippen molar-refractivity contribution in [2.75, 3.05) is 43.9 Å². The summed E-state index contributed by atoms with van der Waals surface area (Å²) in [5, 5.41) is 6.69. The summed E-state index contributed by atoms with van der Waals surface area (Å²) in [6, 6.07) is 0.293. The molecule has 1 aliphatic heterocycles. The van der Waals surface area contributed by atoms with Crippen molar-refractivity contribution >= 4 is 27.7 Å². The lowest BCUT2D eigenvalue weighted by atomic mass is 10.1. The molecule has 0 bridgehead atoms. The summed E-state index contributed by atoms with van der Waals surface area (Å²) in [5.74, 6) is 2.15. The molecule has 1 saturated heterocycles. The van der Waals surface area contributed by atoms with E-state index in [0.717, 1.165) is 44.1 Å². The zero-order valence-corrected chi connectivity index (χ0v) is 15.6. The molecule has 0 spiro atoms. The van der Waals surface area contributed by atoms with Crippen LogP contribution in [0.2, 0.25) is 0 Å². The van der Waals surface area contributed by atoms with Crippen LogP contribution in [0.4, 0.5) is 0 Å². The Morgan fingerprint density at radius 1 is 1.32 bits per heavy atom. The Morgan fingerprint density at radius 2 is 2.00 bits per heavy atom. The molecule has 0 aromatic rings. The number of rotatable bonds is 8. The lowest BCUT2D eigenvalue weighted by Crippen LogP contribution is -2.50. The highest BCUT2D eigenvalue weighted by Gasteiger charge is 2.26. The number of nitrogens with zero attached hydrogens (tertiary/aromatic N) is 2. The van der Waals surface area contributed by atoms with Crippen LogP contribution in [0, 0.1) is 0 Å². The molecule has 1 fully saturated rings. The number of aliphatic imine (C=N–C) groups is 1. The van der Waals surface area contributed by atoms with Gasteiger partial charge in [-0.05, 0) is 45.1 Å². The largest absolute Gasteiger partial charge is 0.357 e. The van der Waals surface area contributed by atoms with Gasteiger partial charge in [0, 0.05) is 32.2 Å². The number of hydrogen-bond acceptors (Lipinski definition) is 4. The average molecular weight is 351 g/mol. The van der Waals surface area contributed by atoms with Gasteiger partial charge in [0.2, 0.25) is 10.0 Å². The van der Waals surface area contributed by atoms with E-state index in [9.17, 15) is 8.42 Å². The molecule has 1 aliphatic rings. The number of thioether (sulfide) groups is 1. The molecule has 0 unspecified atom stereocenters. The van der Waals surface area contributed by atoms with E-state index in [1.54, 1.807) is 11.2 Å². The molecule has 1 rings (SSSR count). The highest BCUT2D eigenvalue weighted by atomic mass is 32.2. The fourth-order valence-corrected chi connectivity index (χ4v) is 3.92. The Balaban J connectivity index is 2.45. The molecule has 0 atom stereocenters. The van der Waals surface area contributed by atoms with Crippen molar-refractivity contribution in [3.05, 3.63) is 0 Å². The molecule has 0 aliphatic carbocycles. The Labute approximate surface area is 139 Å². The monoisotopic (exact) mass is 350 g/mol. The Kier molecular flexibility index (Phi) is 9.19. The summed E-state index contributed by atoms with van der Waals surface area (Å²) in [4.78, 5) is 4.58. The third-order valence-corrected chi connectivity index (χ3v) is 6.25. The average Bonchev–Trinajstić information content (AvgIpc) is 2.52. The number of piperidine rings is 1. The molecule has 130 valence electrons. The first-order chi connectivity index (χ1) is 10.5. The maximum absolute atomic E-state index is 11.9. The second-order valence-electron chi connectivity index (χ2n) is 5.33. The first-order valence-electron chi connectivity index (χ1n) is 8.05. The van der Waals surface area contributed by atoms with Gasteiger partial charge < -0.3 is 10.6 Å². The summed E-state index contributed by atoms with van der Waals surface area (Å²) in [5.41, 5.74) is 0. The fraction of sp³-hybridized carbons (Fsp3) is 0.929. The van der Waals surface area contributed by atoms with Crippen LogP contribution >= 0.6 is 11.8 Å². The lowest BCUT2D eigenvalue weighted by molar-refractivity contribution is 0.306. The van der Waals surface area contributed by atoms with Gasteiger partial charge in [-0.2, -0.15) is 11.8 Å². The molecule has 0 amide bonds. The minimum atomic E-state index is -3.05. The van der Waals surface area contributed by atoms with Crippen LogP contribution < -0.4 is 10.6 Å². The number of hydrogen-bond donors (Lipinski definition) is 2. The van der Waals surface area contributed by atoms with E-state index in [1.165, 1.54) is 0 Å². The van der Waals surface area contributed by atoms with Crippen LogP contribution in [0.25, 0.3) is 0 Å². The van der Waals surface area contributed by atoms with E-state index >= 15 is 0 Å². The second-order valence-corrected chi connectivity index (χ2v) is 8.57. The third kappa shape index (κ3) is 6.75. The van der Waals surface area contributed by atoms with Gasteiger partial charge in [-0.1, -0.05) is 0 Å². The van der Waals surface area contributed by atoms with Crippen LogP contribution in [0.5, 0.6) is 0 Å². The Bertz CT molecular complexity index is 432. The van der Waals surface area contributed by atoms with Crippen molar-refractivity contribution in [1.82, 2.24) is 14.9 Å². The standard InChI is InChI=1S/C14H30N4O2S2/c1-4-15-14(16-9-6-12-21-3)17-13-7-10-18(11-8-13)22(19,20)5-2/h13H,4-12H2,1-3H3,(H2,15,16,17). The van der Waals surface area contributed by atoms with Gasteiger partial charge in [-0.15, -0.1) is 0 Å². The zero-order chi connectivity index (χ0) is 16.4. The molecule has 2 N–H and O–H groups in total. The SMILES string of the molecule is CCNC(=NCCCSC)NC1CCN(S(=O)(=O)CC)CC1. The normalized spacial score (nSPS) is 18.4. The van der Waals surface area contributed by atoms with Crippen molar-refractivity contribution < 1.29 is 8.42 Å². The number of sulfonamides is 1. The van der Waals surface area contributed by atoms with E-state index in [0.29, 0.717) is 19.1 Å². The fourth-order valence-electron chi connectivity index (χ4n) is 2.37. The quantitative estimate of drug-likeness (QED) is 0.390. The van der Waals surface area contributed by atoms with E-state index in [1.807, 2.05) is 11.8 Å². The van der Waals surface area contributed by atoms with E-state index < -0.39 is 10.0 Å². The summed E-state index contributed by atoms with van der Waals surface area (Å²) in [6.07, 6.45) is 4.83. The Morgan fingerprint density at radius 3 is 2.55 bits per heavy atom. The van der Waals surface area contributed by atoms with Crippen molar-refractivity contribution in [2.45, 2.75) is 39.2 Å². The number of nitrogens with one attached hydrogen (secondary N) is 2. The topological polar surface area (TPSA) is 73.8 Å². The highest BCUT2D eigenvalue weighted by Crippen LogP contribution is 2.14. The lowest BCUT2D eigenvalue weighted by Gasteiger charge is -2.32. The maximum Gasteiger partial charge on any atom is 0.213 e. The summed E-state index contributed by atoms with van der Waals surface area (Å²) < 4.78 is 25.3. The van der Waals surface area contributed by atoms with Crippen LogP contribution in [-0.4, -0.2) is 68.7 Å². The zero-order valence-electron chi connectivity index (χ0n) is 14.0. The minimum absolute atomic E-state index is 0.185. The van der Waals surface area contributed by atoms with Gasteiger partial charge in [0.25, 0.3) is 0 Å². The molecule has 6 nitrogen and oxygen atoms in total. The van der Waals surface area contributed by atoms with Gasteiger partial charge in [0.05, 0.1) is 5.75 Å². The van der Waals surface area contributed by atoms with Crippen LogP contribution in [-0.2, 0) is 10.0 Å². The first-order valence-corrected chi connectivity index (χ1v) is 11.0. The molecule has 22 heavy (non-hydrogen) atoms. The smallest absolute Gasteiger partial charge is 0.213 e. The molecule has 8 heteroatoms. The van der Waals surface area contributed by atoms with Gasteiger partial charge in [0.15, 0.2) is 5.96 Å². The molecule has 1 heterocycles. The summed E-state index contributed by atoms with van der Waals surface area (Å²) in [6.45, 7) is 6.59. The minimum Gasteiger partial charge on any atom is -0.357 e. The predicted molar refractivity (Wildman–Crippen MR) is 96.2 cm³/mol. The maximum atomic E-state index is 11.9. The highest BCUT2D eigenvalue weighted by molar-refractivity contribution is 7.98. The first kappa shape index (κ1) is 19.6. The second kappa shape index (κ2) is 10.3. The molecular formula is C14H30N4O2S2. The van der Waals surface area contributed by atoms with Crippen molar-refractivity contribution in [2.24, 2.45) is 4.99 Å². The predicted octanol–water partition coefficient (Wildman–Crippen LogP) is 1.11. The molecule has 0 saturated carbocycles. The molecule has 0 aromatic heterocycles. The molecular weight excluding hydrogens is 320 g/mol. The van der Waals surface area contributed by atoms with E-state index in [2.05, 4.69) is 28.8 Å². The van der Waals surface area contributed by atoms with E-state index in [4.69, 9.17) is 0 Å². The van der Waals surface area contributed by atoms with Gasteiger partial charge >= 0.3 is 0 Å². The number of guanidine groups is 1. The van der Waals surface area contributed by atoms with Gasteiger partial charge in [0.1, 0.15) is 0 Å². The van der Waals surface area contributed by atoms with Gasteiger partial charge in [-0.25, -0.2) is 12.7 Å². The van der Waals surface area contributed by atoms with Crippen molar-refractivity contribution in [1.29, 1.82) is 0 Å². The summed E-state index contributed by atoms with van der Waals surface area (Å²) in [7, 11) is -3.05. The molecule has 0 radical (unpaired) electrons. The van der Waals surface area contributed by atoms with Crippen LogP contribution in [0.3, 0.4) is 0 Å². The van der Waals surface area contributed by atoms with Crippen molar-refractivity contribution in [3.63, 3.8) is 0 Å².